The minimum atomic E-state index is 0.336. The van der Waals surface area contributed by atoms with Gasteiger partial charge in [-0.05, 0) is 60.8 Å². The van der Waals surface area contributed by atoms with E-state index in [0.717, 1.165) is 18.5 Å². The van der Waals surface area contributed by atoms with Gasteiger partial charge in [-0.3, -0.25) is 4.90 Å². The van der Waals surface area contributed by atoms with Crippen molar-refractivity contribution < 1.29 is 13.9 Å². The molecule has 142 valence electrons. The van der Waals surface area contributed by atoms with Crippen molar-refractivity contribution in [2.45, 2.75) is 26.1 Å². The Bertz CT molecular complexity index is 1010. The molecule has 0 bridgehead atoms. The van der Waals surface area contributed by atoms with Crippen molar-refractivity contribution in [2.24, 2.45) is 0 Å². The number of hydrogen-bond donors (Lipinski definition) is 0. The molecule has 1 aliphatic heterocycles. The second-order valence-electron chi connectivity index (χ2n) is 6.42. The van der Waals surface area contributed by atoms with E-state index >= 15 is 0 Å². The van der Waals surface area contributed by atoms with Gasteiger partial charge in [-0.25, -0.2) is 4.68 Å². The van der Waals surface area contributed by atoms with Crippen LogP contribution in [0.1, 0.15) is 23.4 Å². The SMILES string of the molecule is COc1ccc(-c2nn(CN3CCc4sccc4[C@@H]3C)c(=S)o2)cc1OC. The largest absolute Gasteiger partial charge is 0.493 e. The first-order chi connectivity index (χ1) is 13.1. The van der Waals surface area contributed by atoms with Gasteiger partial charge in [0.15, 0.2) is 11.5 Å². The summed E-state index contributed by atoms with van der Waals surface area (Å²) in [5.74, 6) is 1.76. The van der Waals surface area contributed by atoms with Crippen molar-refractivity contribution in [1.82, 2.24) is 14.7 Å². The summed E-state index contributed by atoms with van der Waals surface area (Å²) >= 11 is 7.24. The van der Waals surface area contributed by atoms with Crippen molar-refractivity contribution >= 4 is 23.6 Å². The van der Waals surface area contributed by atoms with Gasteiger partial charge < -0.3 is 13.9 Å². The molecule has 1 atom stereocenters. The van der Waals surface area contributed by atoms with Gasteiger partial charge in [-0.15, -0.1) is 16.4 Å². The molecule has 0 unspecified atom stereocenters. The Morgan fingerprint density at radius 1 is 1.26 bits per heavy atom. The third-order valence-electron chi connectivity index (χ3n) is 4.96. The zero-order chi connectivity index (χ0) is 19.0. The van der Waals surface area contributed by atoms with E-state index in [2.05, 4.69) is 28.4 Å². The van der Waals surface area contributed by atoms with Crippen LogP contribution in [0.5, 0.6) is 11.5 Å². The fourth-order valence-electron chi connectivity index (χ4n) is 3.41. The van der Waals surface area contributed by atoms with E-state index in [9.17, 15) is 0 Å². The first-order valence-corrected chi connectivity index (χ1v) is 10.00. The van der Waals surface area contributed by atoms with E-state index in [4.69, 9.17) is 26.1 Å². The molecule has 4 rings (SSSR count). The molecule has 0 N–H and O–H groups in total. The molecule has 6 nitrogen and oxygen atoms in total. The number of thiophene rings is 1. The summed E-state index contributed by atoms with van der Waals surface area (Å²) in [4.78, 5) is 4.21. The average Bonchev–Trinajstić information content (AvgIpc) is 3.31. The second kappa shape index (κ2) is 7.46. The predicted octanol–water partition coefficient (Wildman–Crippen LogP) is 4.53. The molecule has 0 amide bonds. The highest BCUT2D eigenvalue weighted by Gasteiger charge is 2.25. The summed E-state index contributed by atoms with van der Waals surface area (Å²) < 4.78 is 18.1. The zero-order valence-corrected chi connectivity index (χ0v) is 17.1. The van der Waals surface area contributed by atoms with Crippen molar-refractivity contribution in [3.63, 3.8) is 0 Å². The molecule has 1 aromatic carbocycles. The van der Waals surface area contributed by atoms with Gasteiger partial charge >= 0.3 is 0 Å². The monoisotopic (exact) mass is 403 g/mol. The van der Waals surface area contributed by atoms with Crippen LogP contribution in [-0.2, 0) is 13.1 Å². The van der Waals surface area contributed by atoms with E-state index in [0.29, 0.717) is 34.9 Å². The summed E-state index contributed by atoms with van der Waals surface area (Å²) in [7, 11) is 3.21. The molecule has 0 radical (unpaired) electrons. The fourth-order valence-corrected chi connectivity index (χ4v) is 4.55. The molecule has 0 saturated heterocycles. The molecule has 3 heterocycles. The van der Waals surface area contributed by atoms with Crippen LogP contribution >= 0.6 is 23.6 Å². The van der Waals surface area contributed by atoms with Crippen LogP contribution in [0.2, 0.25) is 0 Å². The molecule has 1 aliphatic rings. The number of fused-ring (bicyclic) bond motifs is 1. The number of benzene rings is 1. The topological polar surface area (TPSA) is 52.7 Å². The first-order valence-electron chi connectivity index (χ1n) is 8.71. The number of nitrogens with zero attached hydrogens (tertiary/aromatic N) is 3. The molecular weight excluding hydrogens is 382 g/mol. The van der Waals surface area contributed by atoms with Crippen LogP contribution in [0.3, 0.4) is 0 Å². The molecule has 3 aromatic rings. The van der Waals surface area contributed by atoms with Gasteiger partial charge in [0.25, 0.3) is 4.84 Å². The van der Waals surface area contributed by atoms with Crippen molar-refractivity contribution in [3.05, 3.63) is 44.9 Å². The Balaban J connectivity index is 1.58. The minimum Gasteiger partial charge on any atom is -0.493 e. The van der Waals surface area contributed by atoms with E-state index in [1.807, 2.05) is 29.5 Å². The van der Waals surface area contributed by atoms with E-state index in [1.54, 1.807) is 18.9 Å². The molecule has 8 heteroatoms. The van der Waals surface area contributed by atoms with Gasteiger partial charge in [0.05, 0.1) is 20.9 Å². The predicted molar refractivity (Wildman–Crippen MR) is 107 cm³/mol. The summed E-state index contributed by atoms with van der Waals surface area (Å²) in [5, 5.41) is 6.76. The maximum Gasteiger partial charge on any atom is 0.288 e. The summed E-state index contributed by atoms with van der Waals surface area (Å²) in [6.07, 6.45) is 1.06. The lowest BCUT2D eigenvalue weighted by molar-refractivity contribution is 0.142. The fraction of sp³-hybridized carbons (Fsp3) is 0.368. The molecule has 0 spiro atoms. The third-order valence-corrected chi connectivity index (χ3v) is 6.25. The third kappa shape index (κ3) is 3.40. The minimum absolute atomic E-state index is 0.336. The Labute approximate surface area is 166 Å². The Morgan fingerprint density at radius 3 is 2.85 bits per heavy atom. The average molecular weight is 404 g/mol. The number of rotatable bonds is 5. The van der Waals surface area contributed by atoms with Crippen molar-refractivity contribution in [2.75, 3.05) is 20.8 Å². The summed E-state index contributed by atoms with van der Waals surface area (Å²) in [6.45, 7) is 3.81. The lowest BCUT2D eigenvalue weighted by Gasteiger charge is -2.32. The van der Waals surface area contributed by atoms with Gasteiger partial charge in [-0.1, -0.05) is 0 Å². The van der Waals surface area contributed by atoms with Crippen LogP contribution in [0, 0.1) is 4.84 Å². The van der Waals surface area contributed by atoms with E-state index in [1.165, 1.54) is 10.4 Å². The Hall–Kier alpha value is -2.16. The smallest absolute Gasteiger partial charge is 0.288 e. The normalized spacial score (nSPS) is 16.9. The van der Waals surface area contributed by atoms with Crippen molar-refractivity contribution in [3.8, 4) is 23.0 Å². The lowest BCUT2D eigenvalue weighted by atomic mass is 10.0. The lowest BCUT2D eigenvalue weighted by Crippen LogP contribution is -2.35. The van der Waals surface area contributed by atoms with E-state index in [-0.39, 0.29) is 0 Å². The van der Waals surface area contributed by atoms with Gasteiger partial charge in [0, 0.05) is 23.0 Å². The number of ether oxygens (including phenoxy) is 2. The summed E-state index contributed by atoms with van der Waals surface area (Å²) in [6, 6.07) is 8.10. The van der Waals surface area contributed by atoms with Gasteiger partial charge in [-0.2, -0.15) is 0 Å². The highest BCUT2D eigenvalue weighted by molar-refractivity contribution is 7.71. The Morgan fingerprint density at radius 2 is 2.07 bits per heavy atom. The molecule has 0 fully saturated rings. The highest BCUT2D eigenvalue weighted by Crippen LogP contribution is 2.34. The second-order valence-corrected chi connectivity index (χ2v) is 7.77. The molecule has 27 heavy (non-hydrogen) atoms. The number of hydrogen-bond acceptors (Lipinski definition) is 7. The standard InChI is InChI=1S/C19H21N3O3S2/c1-12-14-7-9-27-17(14)6-8-21(12)11-22-19(26)25-18(20-22)13-4-5-15(23-2)16(10-13)24-3/h4-5,7,9-10,12H,6,8,11H2,1-3H3/t12-/m0/s1. The molecule has 0 saturated carbocycles. The maximum absolute atomic E-state index is 5.75. The summed E-state index contributed by atoms with van der Waals surface area (Å²) in [5.41, 5.74) is 2.20. The van der Waals surface area contributed by atoms with Crippen LogP contribution in [0.25, 0.3) is 11.5 Å². The maximum atomic E-state index is 5.75. The van der Waals surface area contributed by atoms with Crippen LogP contribution in [-0.4, -0.2) is 35.4 Å². The first kappa shape index (κ1) is 18.2. The van der Waals surface area contributed by atoms with Gasteiger partial charge in [0.2, 0.25) is 5.89 Å². The zero-order valence-electron chi connectivity index (χ0n) is 15.5. The van der Waals surface area contributed by atoms with Crippen LogP contribution in [0.15, 0.2) is 34.1 Å². The van der Waals surface area contributed by atoms with E-state index < -0.39 is 0 Å². The molecule has 0 aliphatic carbocycles. The molecular formula is C19H21N3O3S2. The number of aromatic nitrogens is 2. The highest BCUT2D eigenvalue weighted by atomic mass is 32.1. The van der Waals surface area contributed by atoms with Crippen molar-refractivity contribution in [1.29, 1.82) is 0 Å². The van der Waals surface area contributed by atoms with Gasteiger partial charge in [0.1, 0.15) is 0 Å². The Kier molecular flexibility index (Phi) is 5.03. The molecule has 2 aromatic heterocycles. The van der Waals surface area contributed by atoms with Crippen LogP contribution < -0.4 is 9.47 Å². The quantitative estimate of drug-likeness (QED) is 0.584. The number of methoxy groups -OCH3 is 2. The van der Waals surface area contributed by atoms with Crippen LogP contribution in [0.4, 0.5) is 0 Å².